The molecule has 154 valence electrons. The molecule has 1 unspecified atom stereocenters. The second-order valence-corrected chi connectivity index (χ2v) is 8.91. The Morgan fingerprint density at radius 2 is 1.87 bits per heavy atom. The molecule has 0 saturated carbocycles. The SMILES string of the molecule is CCOc1ccc(/C(O)=C2/C(=O)C(=O)N(Cc3cccs3)C2c2sccc2C)cc1. The highest BCUT2D eigenvalue weighted by Gasteiger charge is 2.47. The highest BCUT2D eigenvalue weighted by molar-refractivity contribution is 7.10. The fraction of sp³-hybridized carbons (Fsp3) is 0.217. The molecule has 3 heterocycles. The van der Waals surface area contributed by atoms with Gasteiger partial charge in [0.15, 0.2) is 0 Å². The summed E-state index contributed by atoms with van der Waals surface area (Å²) in [7, 11) is 0. The molecule has 1 atom stereocenters. The maximum atomic E-state index is 13.0. The Bertz CT molecular complexity index is 1100. The lowest BCUT2D eigenvalue weighted by atomic mass is 9.98. The molecule has 0 bridgehead atoms. The highest BCUT2D eigenvalue weighted by Crippen LogP contribution is 2.43. The molecule has 1 amide bonds. The van der Waals surface area contributed by atoms with Crippen LogP contribution in [-0.4, -0.2) is 28.3 Å². The number of rotatable bonds is 6. The van der Waals surface area contributed by atoms with Crippen LogP contribution in [0, 0.1) is 6.92 Å². The third kappa shape index (κ3) is 3.66. The van der Waals surface area contributed by atoms with Crippen LogP contribution >= 0.6 is 22.7 Å². The van der Waals surface area contributed by atoms with Crippen molar-refractivity contribution in [3.8, 4) is 5.75 Å². The summed E-state index contributed by atoms with van der Waals surface area (Å²) in [4.78, 5) is 29.4. The molecule has 0 aliphatic carbocycles. The molecule has 30 heavy (non-hydrogen) atoms. The van der Waals surface area contributed by atoms with E-state index < -0.39 is 17.7 Å². The summed E-state index contributed by atoms with van der Waals surface area (Å²) >= 11 is 3.02. The van der Waals surface area contributed by atoms with Crippen molar-refractivity contribution in [1.82, 2.24) is 4.90 Å². The number of aryl methyl sites for hydroxylation is 1. The van der Waals surface area contributed by atoms with Crippen LogP contribution in [0.15, 0.2) is 58.8 Å². The number of carbonyl (C=O) groups excluding carboxylic acids is 2. The quantitative estimate of drug-likeness (QED) is 0.328. The molecule has 4 rings (SSSR count). The molecule has 0 radical (unpaired) electrons. The molecule has 7 heteroatoms. The van der Waals surface area contributed by atoms with Gasteiger partial charge in [-0.3, -0.25) is 9.59 Å². The standard InChI is InChI=1S/C23H21NO4S2/c1-3-28-16-8-6-15(7-9-16)20(25)18-19(22-14(2)10-12-30-22)24(23(27)21(18)26)13-17-5-4-11-29-17/h4-12,19,25H,3,13H2,1-2H3/b20-18-. The summed E-state index contributed by atoms with van der Waals surface area (Å²) in [5.41, 5.74) is 1.60. The van der Waals surface area contributed by atoms with E-state index in [2.05, 4.69) is 0 Å². The maximum Gasteiger partial charge on any atom is 0.296 e. The Morgan fingerprint density at radius 1 is 1.10 bits per heavy atom. The van der Waals surface area contributed by atoms with Gasteiger partial charge in [0.25, 0.3) is 11.7 Å². The van der Waals surface area contributed by atoms with E-state index in [0.29, 0.717) is 24.5 Å². The number of thiophene rings is 2. The van der Waals surface area contributed by atoms with E-state index in [0.717, 1.165) is 15.3 Å². The highest BCUT2D eigenvalue weighted by atomic mass is 32.1. The topological polar surface area (TPSA) is 66.8 Å². The van der Waals surface area contributed by atoms with Crippen molar-refractivity contribution in [2.24, 2.45) is 0 Å². The fourth-order valence-electron chi connectivity index (χ4n) is 3.58. The number of benzene rings is 1. The van der Waals surface area contributed by atoms with Crippen molar-refractivity contribution in [2.45, 2.75) is 26.4 Å². The van der Waals surface area contributed by atoms with E-state index in [-0.39, 0.29) is 11.3 Å². The monoisotopic (exact) mass is 439 g/mol. The average molecular weight is 440 g/mol. The lowest BCUT2D eigenvalue weighted by Crippen LogP contribution is -2.28. The first-order chi connectivity index (χ1) is 14.5. The minimum atomic E-state index is -0.657. The van der Waals surface area contributed by atoms with Crippen LogP contribution in [0.4, 0.5) is 0 Å². The van der Waals surface area contributed by atoms with Crippen molar-refractivity contribution in [3.05, 3.63) is 79.7 Å². The minimum absolute atomic E-state index is 0.131. The zero-order chi connectivity index (χ0) is 21.3. The zero-order valence-electron chi connectivity index (χ0n) is 16.6. The van der Waals surface area contributed by atoms with Gasteiger partial charge in [-0.05, 0) is 66.6 Å². The van der Waals surface area contributed by atoms with E-state index in [9.17, 15) is 14.7 Å². The van der Waals surface area contributed by atoms with Gasteiger partial charge in [0.1, 0.15) is 17.6 Å². The number of ether oxygens (including phenoxy) is 1. The number of hydrogen-bond acceptors (Lipinski definition) is 6. The first-order valence-corrected chi connectivity index (χ1v) is 11.3. The normalized spacial score (nSPS) is 18.2. The first-order valence-electron chi connectivity index (χ1n) is 9.59. The molecule has 1 aliphatic rings. The van der Waals surface area contributed by atoms with Crippen LogP contribution in [0.1, 0.15) is 33.8 Å². The molecule has 1 fully saturated rings. The number of hydrogen-bond donors (Lipinski definition) is 1. The van der Waals surface area contributed by atoms with Gasteiger partial charge in [0, 0.05) is 15.3 Å². The molecule has 1 aromatic carbocycles. The molecule has 0 spiro atoms. The largest absolute Gasteiger partial charge is 0.507 e. The second-order valence-electron chi connectivity index (χ2n) is 6.93. The summed E-state index contributed by atoms with van der Waals surface area (Å²) in [6.07, 6.45) is 0. The van der Waals surface area contributed by atoms with Crippen LogP contribution in [0.5, 0.6) is 5.75 Å². The Labute approximate surface area is 182 Å². The van der Waals surface area contributed by atoms with Crippen molar-refractivity contribution >= 4 is 40.1 Å². The average Bonchev–Trinajstić information content (AvgIpc) is 3.46. The van der Waals surface area contributed by atoms with Gasteiger partial charge in [-0.1, -0.05) is 6.07 Å². The number of ketones is 1. The van der Waals surface area contributed by atoms with Crippen LogP contribution in [-0.2, 0) is 16.1 Å². The van der Waals surface area contributed by atoms with Gasteiger partial charge in [-0.2, -0.15) is 0 Å². The van der Waals surface area contributed by atoms with Crippen molar-refractivity contribution in [3.63, 3.8) is 0 Å². The molecule has 1 N–H and O–H groups in total. The van der Waals surface area contributed by atoms with Gasteiger partial charge in [0.05, 0.1) is 18.7 Å². The number of aliphatic hydroxyl groups is 1. The molecular weight excluding hydrogens is 418 g/mol. The summed E-state index contributed by atoms with van der Waals surface area (Å²) in [5, 5.41) is 15.0. The van der Waals surface area contributed by atoms with Crippen LogP contribution < -0.4 is 4.74 Å². The number of nitrogens with zero attached hydrogens (tertiary/aromatic N) is 1. The number of Topliss-reactive ketones (excluding diaryl/α,β-unsaturated/α-hetero) is 1. The Morgan fingerprint density at radius 3 is 2.47 bits per heavy atom. The number of likely N-dealkylation sites (tertiary alicyclic amines) is 1. The summed E-state index contributed by atoms with van der Waals surface area (Å²) in [5.74, 6) is -0.731. The lowest BCUT2D eigenvalue weighted by Gasteiger charge is -2.24. The predicted molar refractivity (Wildman–Crippen MR) is 119 cm³/mol. The summed E-state index contributed by atoms with van der Waals surface area (Å²) in [6.45, 7) is 4.71. The van der Waals surface area contributed by atoms with Gasteiger partial charge in [-0.15, -0.1) is 22.7 Å². The predicted octanol–water partition coefficient (Wildman–Crippen LogP) is 5.14. The van der Waals surface area contributed by atoms with Gasteiger partial charge in [-0.25, -0.2) is 0 Å². The van der Waals surface area contributed by atoms with E-state index in [1.165, 1.54) is 22.7 Å². The molecule has 2 aromatic heterocycles. The fourth-order valence-corrected chi connectivity index (χ4v) is 5.33. The smallest absolute Gasteiger partial charge is 0.296 e. The lowest BCUT2D eigenvalue weighted by molar-refractivity contribution is -0.140. The van der Waals surface area contributed by atoms with Crippen LogP contribution in [0.3, 0.4) is 0 Å². The van der Waals surface area contributed by atoms with E-state index >= 15 is 0 Å². The van der Waals surface area contributed by atoms with E-state index in [1.807, 2.05) is 42.8 Å². The van der Waals surface area contributed by atoms with Crippen LogP contribution in [0.25, 0.3) is 5.76 Å². The van der Waals surface area contributed by atoms with Crippen molar-refractivity contribution in [2.75, 3.05) is 6.61 Å². The number of carbonyl (C=O) groups is 2. The second kappa shape index (κ2) is 8.45. The van der Waals surface area contributed by atoms with Gasteiger partial charge >= 0.3 is 0 Å². The van der Waals surface area contributed by atoms with E-state index in [4.69, 9.17) is 4.74 Å². The Hall–Kier alpha value is -2.90. The van der Waals surface area contributed by atoms with Gasteiger partial charge in [0.2, 0.25) is 0 Å². The van der Waals surface area contributed by atoms with Crippen molar-refractivity contribution in [1.29, 1.82) is 0 Å². The zero-order valence-corrected chi connectivity index (χ0v) is 18.3. The third-order valence-corrected chi connectivity index (χ3v) is 6.97. The third-order valence-electron chi connectivity index (χ3n) is 5.04. The number of amides is 1. The van der Waals surface area contributed by atoms with Gasteiger partial charge < -0.3 is 14.7 Å². The molecule has 5 nitrogen and oxygen atoms in total. The molecule has 1 aliphatic heterocycles. The molecular formula is C23H21NO4S2. The van der Waals surface area contributed by atoms with E-state index in [1.54, 1.807) is 29.2 Å². The van der Waals surface area contributed by atoms with Crippen LogP contribution in [0.2, 0.25) is 0 Å². The maximum absolute atomic E-state index is 13.0. The first kappa shape index (κ1) is 20.4. The Kier molecular flexibility index (Phi) is 5.74. The van der Waals surface area contributed by atoms with Crippen molar-refractivity contribution < 1.29 is 19.4 Å². The Balaban J connectivity index is 1.81. The summed E-state index contributed by atoms with van der Waals surface area (Å²) < 4.78 is 5.45. The minimum Gasteiger partial charge on any atom is -0.507 e. The molecule has 1 saturated heterocycles. The number of aliphatic hydroxyl groups excluding tert-OH is 1. The summed E-state index contributed by atoms with van der Waals surface area (Å²) in [6, 6.07) is 12.1. The molecule has 3 aromatic rings.